The molecule has 0 saturated carbocycles. The van der Waals surface area contributed by atoms with E-state index < -0.39 is 0 Å². The zero-order valence-corrected chi connectivity index (χ0v) is 17.2. The van der Waals surface area contributed by atoms with Crippen LogP contribution in [0, 0.1) is 20.8 Å². The van der Waals surface area contributed by atoms with E-state index in [1.54, 1.807) is 30.4 Å². The first kappa shape index (κ1) is 19.6. The lowest BCUT2D eigenvalue weighted by Gasteiger charge is -2.17. The number of hydrogen-bond donors (Lipinski definition) is 1. The highest BCUT2D eigenvalue weighted by atomic mass is 16.5. The number of benzene rings is 2. The number of carbonyl (C=O) groups excluding carboxylic acids is 2. The zero-order valence-electron chi connectivity index (χ0n) is 17.2. The van der Waals surface area contributed by atoms with Gasteiger partial charge in [-0.3, -0.25) is 14.3 Å². The lowest BCUT2D eigenvalue weighted by molar-refractivity contribution is -0.118. The van der Waals surface area contributed by atoms with Crippen LogP contribution < -0.4 is 10.1 Å². The van der Waals surface area contributed by atoms with E-state index >= 15 is 0 Å². The van der Waals surface area contributed by atoms with Crippen LogP contribution in [-0.2, 0) is 11.3 Å². The molecule has 1 aromatic heterocycles. The number of nitrogens with one attached hydrogen (secondary N) is 1. The summed E-state index contributed by atoms with van der Waals surface area (Å²) in [5.41, 5.74) is 6.21. The molecule has 0 atom stereocenters. The normalized spacial score (nSPS) is 13.1. The molecule has 0 fully saturated rings. The molecule has 0 saturated heterocycles. The molecule has 1 amide bonds. The second-order valence-corrected chi connectivity index (χ2v) is 7.47. The summed E-state index contributed by atoms with van der Waals surface area (Å²) in [5.74, 6) is 0.191. The number of amides is 1. The minimum Gasteiger partial charge on any atom is -0.482 e. The molecule has 2 aromatic carbocycles. The highest BCUT2D eigenvalue weighted by Crippen LogP contribution is 2.29. The molecule has 152 valence electrons. The number of fused-ring (bicyclic) bond motifs is 1. The number of aromatic nitrogens is 2. The smallest absolute Gasteiger partial charge is 0.262 e. The molecular formula is C24H23N3O3. The van der Waals surface area contributed by atoms with E-state index in [2.05, 4.69) is 41.6 Å². The average molecular weight is 401 g/mol. The van der Waals surface area contributed by atoms with Crippen molar-refractivity contribution in [2.75, 3.05) is 11.9 Å². The van der Waals surface area contributed by atoms with Crippen LogP contribution in [0.1, 0.15) is 38.4 Å². The quantitative estimate of drug-likeness (QED) is 0.516. The summed E-state index contributed by atoms with van der Waals surface area (Å²) in [6.07, 6.45) is 3.35. The first-order valence-corrected chi connectivity index (χ1v) is 9.79. The van der Waals surface area contributed by atoms with Crippen molar-refractivity contribution >= 4 is 23.5 Å². The van der Waals surface area contributed by atoms with Crippen molar-refractivity contribution in [2.45, 2.75) is 27.3 Å². The van der Waals surface area contributed by atoms with Crippen LogP contribution in [0.25, 0.3) is 6.08 Å². The number of ketones is 1. The molecule has 0 bridgehead atoms. The molecule has 1 aliphatic rings. The molecule has 0 aliphatic carbocycles. The van der Waals surface area contributed by atoms with E-state index in [0.29, 0.717) is 23.5 Å². The van der Waals surface area contributed by atoms with E-state index in [1.807, 2.05) is 18.5 Å². The van der Waals surface area contributed by atoms with Gasteiger partial charge in [0.15, 0.2) is 12.4 Å². The molecule has 0 radical (unpaired) electrons. The van der Waals surface area contributed by atoms with Gasteiger partial charge in [0.2, 0.25) is 0 Å². The Bertz CT molecular complexity index is 1160. The van der Waals surface area contributed by atoms with Crippen LogP contribution in [0.3, 0.4) is 0 Å². The second kappa shape index (κ2) is 7.99. The van der Waals surface area contributed by atoms with E-state index in [0.717, 1.165) is 17.0 Å². The van der Waals surface area contributed by atoms with Gasteiger partial charge in [-0.05, 0) is 56.7 Å². The molecule has 3 aromatic rings. The van der Waals surface area contributed by atoms with Gasteiger partial charge in [-0.15, -0.1) is 0 Å². The number of hydrogen-bond acceptors (Lipinski definition) is 4. The second-order valence-electron chi connectivity index (χ2n) is 7.47. The zero-order chi connectivity index (χ0) is 21.3. The highest BCUT2D eigenvalue weighted by Gasteiger charge is 2.17. The Morgan fingerprint density at radius 2 is 1.93 bits per heavy atom. The number of rotatable bonds is 5. The van der Waals surface area contributed by atoms with Crippen molar-refractivity contribution in [3.05, 3.63) is 82.2 Å². The number of nitrogens with zero attached hydrogens (tertiary/aromatic N) is 2. The topological polar surface area (TPSA) is 73.2 Å². The van der Waals surface area contributed by atoms with Crippen molar-refractivity contribution in [2.24, 2.45) is 0 Å². The molecule has 2 heterocycles. The number of carbonyl (C=O) groups is 2. The lowest BCUT2D eigenvalue weighted by atomic mass is 10.1. The minimum atomic E-state index is -0.227. The molecule has 6 nitrogen and oxygen atoms in total. The molecule has 6 heteroatoms. The Hall–Kier alpha value is -3.67. The number of anilines is 1. The van der Waals surface area contributed by atoms with E-state index in [1.165, 1.54) is 11.1 Å². The third-order valence-electron chi connectivity index (χ3n) is 5.19. The fourth-order valence-electron chi connectivity index (χ4n) is 3.46. The Kier molecular flexibility index (Phi) is 5.23. The summed E-state index contributed by atoms with van der Waals surface area (Å²) in [5, 5.41) is 7.36. The number of aryl methyl sites for hydroxylation is 2. The maximum Gasteiger partial charge on any atom is 0.262 e. The lowest BCUT2D eigenvalue weighted by Crippen LogP contribution is -2.25. The van der Waals surface area contributed by atoms with Gasteiger partial charge in [-0.1, -0.05) is 29.8 Å². The van der Waals surface area contributed by atoms with Crippen LogP contribution in [0.5, 0.6) is 5.75 Å². The van der Waals surface area contributed by atoms with Crippen molar-refractivity contribution in [3.8, 4) is 5.75 Å². The summed E-state index contributed by atoms with van der Waals surface area (Å²) in [6, 6.07) is 13.4. The third-order valence-corrected chi connectivity index (χ3v) is 5.19. The van der Waals surface area contributed by atoms with E-state index in [-0.39, 0.29) is 18.3 Å². The summed E-state index contributed by atoms with van der Waals surface area (Å²) in [4.78, 5) is 24.2. The van der Waals surface area contributed by atoms with Gasteiger partial charge >= 0.3 is 0 Å². The van der Waals surface area contributed by atoms with Crippen LogP contribution in [0.4, 0.5) is 5.69 Å². The molecule has 1 N–H and O–H groups in total. The molecule has 1 aliphatic heterocycles. The first-order valence-electron chi connectivity index (χ1n) is 9.79. The van der Waals surface area contributed by atoms with Crippen LogP contribution in [0.2, 0.25) is 0 Å². The molecule has 4 rings (SSSR count). The number of ether oxygens (including phenoxy) is 1. The van der Waals surface area contributed by atoms with Gasteiger partial charge < -0.3 is 10.1 Å². The predicted octanol–water partition coefficient (Wildman–Crippen LogP) is 4.08. The first-order chi connectivity index (χ1) is 14.4. The average Bonchev–Trinajstić information content (AvgIpc) is 3.00. The third kappa shape index (κ3) is 4.03. The van der Waals surface area contributed by atoms with Crippen molar-refractivity contribution < 1.29 is 14.3 Å². The van der Waals surface area contributed by atoms with E-state index in [4.69, 9.17) is 4.74 Å². The van der Waals surface area contributed by atoms with Crippen LogP contribution in [-0.4, -0.2) is 28.1 Å². The van der Waals surface area contributed by atoms with Gasteiger partial charge in [-0.25, -0.2) is 0 Å². The molecule has 0 unspecified atom stereocenters. The maximum absolute atomic E-state index is 12.7. The number of allylic oxidation sites excluding steroid dienone is 1. The predicted molar refractivity (Wildman–Crippen MR) is 116 cm³/mol. The molecule has 30 heavy (non-hydrogen) atoms. The van der Waals surface area contributed by atoms with Crippen LogP contribution in [0.15, 0.2) is 48.5 Å². The summed E-state index contributed by atoms with van der Waals surface area (Å²) in [7, 11) is 0. The monoisotopic (exact) mass is 401 g/mol. The van der Waals surface area contributed by atoms with Gasteiger partial charge in [0.25, 0.3) is 5.91 Å². The Balaban J connectivity index is 1.53. The summed E-state index contributed by atoms with van der Waals surface area (Å²) < 4.78 is 7.29. The standard InChI is InChI=1S/C24H23N3O3/c1-15-4-6-18(7-5-15)13-27-17(3)20(16(2)26-27)9-10-22(28)19-8-11-23-21(12-19)25-24(29)14-30-23/h4-12H,13-14H2,1-3H3,(H,25,29)/b10-9+. The maximum atomic E-state index is 12.7. The SMILES string of the molecule is Cc1ccc(Cn2nc(C)c(/C=C/C(=O)c3ccc4c(c3)NC(=O)CO4)c2C)cc1. The van der Waals surface area contributed by atoms with Gasteiger partial charge in [-0.2, -0.15) is 5.10 Å². The highest BCUT2D eigenvalue weighted by molar-refractivity contribution is 6.08. The Morgan fingerprint density at radius 3 is 2.70 bits per heavy atom. The minimum absolute atomic E-state index is 0.00860. The molecule has 0 spiro atoms. The molecular weight excluding hydrogens is 378 g/mol. The summed E-state index contributed by atoms with van der Waals surface area (Å²) >= 11 is 0. The summed E-state index contributed by atoms with van der Waals surface area (Å²) in [6.45, 7) is 6.68. The largest absolute Gasteiger partial charge is 0.482 e. The van der Waals surface area contributed by atoms with Gasteiger partial charge in [0.1, 0.15) is 5.75 Å². The van der Waals surface area contributed by atoms with Crippen molar-refractivity contribution in [1.82, 2.24) is 9.78 Å². The van der Waals surface area contributed by atoms with Gasteiger partial charge in [0.05, 0.1) is 17.9 Å². The van der Waals surface area contributed by atoms with E-state index in [9.17, 15) is 9.59 Å². The fraction of sp³-hybridized carbons (Fsp3) is 0.208. The van der Waals surface area contributed by atoms with Crippen molar-refractivity contribution in [3.63, 3.8) is 0 Å². The fourth-order valence-corrected chi connectivity index (χ4v) is 3.46. The van der Waals surface area contributed by atoms with Crippen LogP contribution >= 0.6 is 0 Å². The Labute approximate surface area is 175 Å². The van der Waals surface area contributed by atoms with Gasteiger partial charge in [0, 0.05) is 16.8 Å². The Morgan fingerprint density at radius 1 is 1.17 bits per heavy atom. The van der Waals surface area contributed by atoms with Crippen molar-refractivity contribution in [1.29, 1.82) is 0 Å².